The SMILES string of the molecule is COC(=O)C(CC(C)C)NS(C)(=O)=O. The van der Waals surface area contributed by atoms with E-state index < -0.39 is 22.0 Å². The minimum absolute atomic E-state index is 0.216. The fraction of sp³-hybridized carbons (Fsp3) is 0.875. The largest absolute Gasteiger partial charge is 0.468 e. The van der Waals surface area contributed by atoms with E-state index in [1.54, 1.807) is 0 Å². The van der Waals surface area contributed by atoms with Crippen molar-refractivity contribution < 1.29 is 17.9 Å². The Balaban J connectivity index is 4.48. The molecule has 1 atom stereocenters. The Hall–Kier alpha value is -0.620. The number of hydrogen-bond acceptors (Lipinski definition) is 4. The zero-order valence-electron chi connectivity index (χ0n) is 8.90. The van der Waals surface area contributed by atoms with Gasteiger partial charge in [0.2, 0.25) is 10.0 Å². The van der Waals surface area contributed by atoms with E-state index in [-0.39, 0.29) is 5.92 Å². The molecule has 0 aromatic heterocycles. The Morgan fingerprint density at radius 2 is 1.93 bits per heavy atom. The lowest BCUT2D eigenvalue weighted by molar-refractivity contribution is -0.143. The van der Waals surface area contributed by atoms with Crippen molar-refractivity contribution in [1.82, 2.24) is 4.72 Å². The van der Waals surface area contributed by atoms with E-state index in [0.717, 1.165) is 6.26 Å². The summed E-state index contributed by atoms with van der Waals surface area (Å²) in [6.07, 6.45) is 1.45. The van der Waals surface area contributed by atoms with Crippen molar-refractivity contribution in [2.75, 3.05) is 13.4 Å². The summed E-state index contributed by atoms with van der Waals surface area (Å²) >= 11 is 0. The maximum absolute atomic E-state index is 11.2. The number of esters is 1. The summed E-state index contributed by atoms with van der Waals surface area (Å²) in [5, 5.41) is 0. The van der Waals surface area contributed by atoms with E-state index >= 15 is 0 Å². The molecule has 0 aliphatic heterocycles. The molecule has 0 aromatic rings. The molecule has 0 bridgehead atoms. The number of methoxy groups -OCH3 is 1. The maximum atomic E-state index is 11.2. The van der Waals surface area contributed by atoms with Gasteiger partial charge in [0.1, 0.15) is 6.04 Å². The molecule has 6 heteroatoms. The molecule has 84 valence electrons. The molecule has 5 nitrogen and oxygen atoms in total. The van der Waals surface area contributed by atoms with Crippen LogP contribution < -0.4 is 4.72 Å². The van der Waals surface area contributed by atoms with Crippen LogP contribution in [0.4, 0.5) is 0 Å². The van der Waals surface area contributed by atoms with Crippen molar-refractivity contribution in [3.05, 3.63) is 0 Å². The molecular weight excluding hydrogens is 206 g/mol. The Morgan fingerprint density at radius 3 is 2.21 bits per heavy atom. The highest BCUT2D eigenvalue weighted by atomic mass is 32.2. The Morgan fingerprint density at radius 1 is 1.43 bits per heavy atom. The van der Waals surface area contributed by atoms with E-state index in [1.807, 2.05) is 13.8 Å². The highest BCUT2D eigenvalue weighted by molar-refractivity contribution is 7.88. The minimum Gasteiger partial charge on any atom is -0.468 e. The van der Waals surface area contributed by atoms with Crippen LogP contribution in [0.2, 0.25) is 0 Å². The van der Waals surface area contributed by atoms with Crippen LogP contribution in [-0.4, -0.2) is 33.8 Å². The number of nitrogens with one attached hydrogen (secondary N) is 1. The monoisotopic (exact) mass is 223 g/mol. The molecule has 1 N–H and O–H groups in total. The van der Waals surface area contributed by atoms with Crippen LogP contribution in [0.25, 0.3) is 0 Å². The van der Waals surface area contributed by atoms with Gasteiger partial charge < -0.3 is 4.74 Å². The molecular formula is C8H17NO4S. The van der Waals surface area contributed by atoms with Gasteiger partial charge in [0, 0.05) is 0 Å². The van der Waals surface area contributed by atoms with Gasteiger partial charge in [-0.15, -0.1) is 0 Å². The lowest BCUT2D eigenvalue weighted by Gasteiger charge is -2.16. The fourth-order valence-electron chi connectivity index (χ4n) is 1.06. The average molecular weight is 223 g/mol. The first-order chi connectivity index (χ1) is 6.26. The Kier molecular flexibility index (Phi) is 5.07. The van der Waals surface area contributed by atoms with Crippen molar-refractivity contribution in [1.29, 1.82) is 0 Å². The Bertz CT molecular complexity index is 284. The normalized spacial score (nSPS) is 14.1. The van der Waals surface area contributed by atoms with Crippen LogP contribution in [0.5, 0.6) is 0 Å². The topological polar surface area (TPSA) is 72.5 Å². The summed E-state index contributed by atoms with van der Waals surface area (Å²) in [5.41, 5.74) is 0. The molecule has 14 heavy (non-hydrogen) atoms. The second kappa shape index (κ2) is 5.31. The van der Waals surface area contributed by atoms with Gasteiger partial charge in [0.25, 0.3) is 0 Å². The summed E-state index contributed by atoms with van der Waals surface area (Å²) in [7, 11) is -2.14. The van der Waals surface area contributed by atoms with Crippen molar-refractivity contribution in [2.24, 2.45) is 5.92 Å². The molecule has 0 aliphatic rings. The molecule has 0 amide bonds. The summed E-state index contributed by atoms with van der Waals surface area (Å²) in [5.74, 6) is -0.336. The van der Waals surface area contributed by atoms with Gasteiger partial charge in [-0.25, -0.2) is 13.1 Å². The molecule has 0 spiro atoms. The molecule has 0 fully saturated rings. The minimum atomic E-state index is -3.37. The second-order valence-corrected chi connectivity index (χ2v) is 5.38. The van der Waals surface area contributed by atoms with Crippen molar-refractivity contribution in [3.63, 3.8) is 0 Å². The summed E-state index contributed by atoms with van der Waals surface area (Å²) in [4.78, 5) is 11.2. The van der Waals surface area contributed by atoms with E-state index in [9.17, 15) is 13.2 Å². The van der Waals surface area contributed by atoms with Gasteiger partial charge in [0.15, 0.2) is 0 Å². The third kappa shape index (κ3) is 5.93. The summed E-state index contributed by atoms with van der Waals surface area (Å²) in [6.45, 7) is 3.81. The van der Waals surface area contributed by atoms with Crippen molar-refractivity contribution >= 4 is 16.0 Å². The van der Waals surface area contributed by atoms with Gasteiger partial charge >= 0.3 is 5.97 Å². The van der Waals surface area contributed by atoms with Gasteiger partial charge in [-0.2, -0.15) is 0 Å². The predicted molar refractivity (Wildman–Crippen MR) is 53.2 cm³/mol. The Labute approximate surface area is 84.9 Å². The molecule has 0 saturated heterocycles. The molecule has 0 aromatic carbocycles. The number of carbonyl (C=O) groups excluding carboxylic acids is 1. The number of hydrogen-bond donors (Lipinski definition) is 1. The number of carbonyl (C=O) groups is 1. The zero-order chi connectivity index (χ0) is 11.4. The smallest absolute Gasteiger partial charge is 0.323 e. The number of rotatable bonds is 5. The number of ether oxygens (including phenoxy) is 1. The van der Waals surface area contributed by atoms with Gasteiger partial charge in [0.05, 0.1) is 13.4 Å². The van der Waals surface area contributed by atoms with Crippen molar-refractivity contribution in [2.45, 2.75) is 26.3 Å². The first-order valence-electron chi connectivity index (χ1n) is 4.31. The second-order valence-electron chi connectivity index (χ2n) is 3.60. The molecule has 0 aliphatic carbocycles. The van der Waals surface area contributed by atoms with Gasteiger partial charge in [-0.3, -0.25) is 4.79 Å². The summed E-state index contributed by atoms with van der Waals surface area (Å²) < 4.78 is 28.6. The molecule has 0 rings (SSSR count). The third-order valence-electron chi connectivity index (χ3n) is 1.55. The third-order valence-corrected chi connectivity index (χ3v) is 2.26. The average Bonchev–Trinajstić information content (AvgIpc) is 1.98. The van der Waals surface area contributed by atoms with Crippen LogP contribution in [0.15, 0.2) is 0 Å². The van der Waals surface area contributed by atoms with Crippen LogP contribution >= 0.6 is 0 Å². The van der Waals surface area contributed by atoms with Crippen LogP contribution in [0.3, 0.4) is 0 Å². The first kappa shape index (κ1) is 13.4. The van der Waals surface area contributed by atoms with E-state index in [0.29, 0.717) is 6.42 Å². The molecule has 0 radical (unpaired) electrons. The van der Waals surface area contributed by atoms with Crippen molar-refractivity contribution in [3.8, 4) is 0 Å². The summed E-state index contributed by atoms with van der Waals surface area (Å²) in [6, 6.07) is -0.782. The van der Waals surface area contributed by atoms with E-state index in [4.69, 9.17) is 0 Å². The highest BCUT2D eigenvalue weighted by Crippen LogP contribution is 2.06. The van der Waals surface area contributed by atoms with Gasteiger partial charge in [-0.1, -0.05) is 13.8 Å². The lowest BCUT2D eigenvalue weighted by Crippen LogP contribution is -2.41. The maximum Gasteiger partial charge on any atom is 0.323 e. The van der Waals surface area contributed by atoms with Crippen LogP contribution in [-0.2, 0) is 19.6 Å². The van der Waals surface area contributed by atoms with Crippen LogP contribution in [0.1, 0.15) is 20.3 Å². The quantitative estimate of drug-likeness (QED) is 0.672. The standard InChI is InChI=1S/C8H17NO4S/c1-6(2)5-7(8(10)13-3)9-14(4,11)12/h6-7,9H,5H2,1-4H3. The molecule has 0 heterocycles. The first-order valence-corrected chi connectivity index (χ1v) is 6.20. The lowest BCUT2D eigenvalue weighted by atomic mass is 10.1. The van der Waals surface area contributed by atoms with E-state index in [2.05, 4.69) is 9.46 Å². The van der Waals surface area contributed by atoms with E-state index in [1.165, 1.54) is 7.11 Å². The zero-order valence-corrected chi connectivity index (χ0v) is 9.72. The van der Waals surface area contributed by atoms with Crippen LogP contribution in [0, 0.1) is 5.92 Å². The predicted octanol–water partition coefficient (Wildman–Crippen LogP) is 0.123. The molecule has 0 saturated carbocycles. The fourth-order valence-corrected chi connectivity index (χ4v) is 1.77. The number of sulfonamides is 1. The molecule has 1 unspecified atom stereocenters. The highest BCUT2D eigenvalue weighted by Gasteiger charge is 2.23. The van der Waals surface area contributed by atoms with Gasteiger partial charge in [-0.05, 0) is 12.3 Å².